The van der Waals surface area contributed by atoms with Crippen molar-refractivity contribution in [3.05, 3.63) is 46.2 Å². The number of hydrogen-bond acceptors (Lipinski definition) is 6. The summed E-state index contributed by atoms with van der Waals surface area (Å²) in [6, 6.07) is 7.29. The van der Waals surface area contributed by atoms with Crippen molar-refractivity contribution < 1.29 is 19.2 Å². The van der Waals surface area contributed by atoms with Crippen LogP contribution in [0.4, 0.5) is 11.4 Å². The molecule has 1 atom stereocenters. The number of thiophene rings is 1. The molecule has 1 saturated heterocycles. The van der Waals surface area contributed by atoms with Gasteiger partial charge in [-0.15, -0.1) is 0 Å². The normalized spacial score (nSPS) is 17.3. The minimum absolute atomic E-state index is 0.0862. The molecule has 2 aromatic rings. The minimum Gasteiger partial charge on any atom is -0.368 e. The van der Waals surface area contributed by atoms with Crippen molar-refractivity contribution in [2.75, 3.05) is 16.3 Å². The predicted octanol–water partition coefficient (Wildman–Crippen LogP) is 3.09. The lowest BCUT2D eigenvalue weighted by atomic mass is 9.94. The Morgan fingerprint density at radius 2 is 1.92 bits per heavy atom. The Morgan fingerprint density at radius 3 is 2.47 bits per heavy atom. The molecule has 0 saturated carbocycles. The Kier molecular flexibility index (Phi) is 9.67. The summed E-state index contributed by atoms with van der Waals surface area (Å²) < 4.78 is 0. The number of hydrogen-bond donors (Lipinski definition) is 3. The van der Waals surface area contributed by atoms with Crippen LogP contribution in [0.3, 0.4) is 0 Å². The van der Waals surface area contributed by atoms with Crippen molar-refractivity contribution in [1.82, 2.24) is 5.32 Å². The third-order valence-electron chi connectivity index (χ3n) is 6.56. The number of nitrogens with two attached hydrogens (primary N) is 2. The van der Waals surface area contributed by atoms with Gasteiger partial charge in [-0.25, -0.2) is 0 Å². The van der Waals surface area contributed by atoms with Crippen molar-refractivity contribution in [3.63, 3.8) is 0 Å². The molecule has 1 fully saturated rings. The highest BCUT2D eigenvalue weighted by atomic mass is 32.1. The first-order valence-corrected chi connectivity index (χ1v) is 14.0. The van der Waals surface area contributed by atoms with E-state index in [1.54, 1.807) is 35.0 Å². The van der Waals surface area contributed by atoms with Gasteiger partial charge < -0.3 is 26.6 Å². The Labute approximate surface area is 228 Å². The molecule has 2 aliphatic rings. The maximum atomic E-state index is 13.5. The van der Waals surface area contributed by atoms with Crippen LogP contribution in [0.15, 0.2) is 35.0 Å². The van der Waals surface area contributed by atoms with Crippen molar-refractivity contribution in [2.24, 2.45) is 17.4 Å². The van der Waals surface area contributed by atoms with Gasteiger partial charge >= 0.3 is 0 Å². The molecule has 9 nitrogen and oxygen atoms in total. The van der Waals surface area contributed by atoms with Gasteiger partial charge in [0.15, 0.2) is 0 Å². The molecule has 0 bridgehead atoms. The second-order valence-corrected chi connectivity index (χ2v) is 11.6. The number of benzene rings is 1. The number of para-hydroxylation sites is 1. The zero-order valence-corrected chi connectivity index (χ0v) is 23.5. The van der Waals surface area contributed by atoms with E-state index in [9.17, 15) is 19.2 Å². The highest BCUT2D eigenvalue weighted by Crippen LogP contribution is 2.40. The molecule has 38 heavy (non-hydrogen) atoms. The standard InChI is InChI=1S/C24H29N3O3S.C4H10N2O/c1-16(2)8-9-21(28)25-19-13-18-5-3-6-20(26-11-4-7-22(26)29)23(18)27(24(19)30)14-17-10-12-31-15-17;1-4(2,6)3(5)7/h3,5-6,10,12,15-16,19H,4,7-9,11,13-14H2,1-2H3,(H,25,28);6H2,1-2H3,(H2,5,7). The minimum atomic E-state index is -0.861. The summed E-state index contributed by atoms with van der Waals surface area (Å²) in [6.45, 7) is 8.39. The Bertz CT molecular complexity index is 1160. The summed E-state index contributed by atoms with van der Waals surface area (Å²) in [5.41, 5.74) is 12.8. The Hall–Kier alpha value is -3.24. The lowest BCUT2D eigenvalue weighted by Crippen LogP contribution is -2.53. The maximum Gasteiger partial charge on any atom is 0.250 e. The number of carbonyl (C=O) groups excluding carboxylic acids is 4. The lowest BCUT2D eigenvalue weighted by molar-refractivity contribution is -0.128. The molecule has 0 radical (unpaired) electrons. The van der Waals surface area contributed by atoms with E-state index < -0.39 is 17.5 Å². The zero-order valence-electron chi connectivity index (χ0n) is 22.7. The van der Waals surface area contributed by atoms with Gasteiger partial charge in [0.1, 0.15) is 6.04 Å². The zero-order chi connectivity index (χ0) is 28.0. The highest BCUT2D eigenvalue weighted by Gasteiger charge is 2.37. The predicted molar refractivity (Wildman–Crippen MR) is 151 cm³/mol. The number of primary amides is 1. The van der Waals surface area contributed by atoms with Crippen molar-refractivity contribution >= 4 is 46.3 Å². The summed E-state index contributed by atoms with van der Waals surface area (Å²) in [4.78, 5) is 52.2. The molecule has 3 heterocycles. The molecule has 0 aliphatic carbocycles. The molecular formula is C28H39N5O4S. The van der Waals surface area contributed by atoms with E-state index in [-0.39, 0.29) is 17.7 Å². The molecule has 1 unspecified atom stereocenters. The van der Waals surface area contributed by atoms with Gasteiger partial charge in [-0.2, -0.15) is 11.3 Å². The third-order valence-corrected chi connectivity index (χ3v) is 7.29. The van der Waals surface area contributed by atoms with Crippen LogP contribution in [0, 0.1) is 5.92 Å². The van der Waals surface area contributed by atoms with Gasteiger partial charge in [-0.3, -0.25) is 19.2 Å². The number of amides is 4. The molecule has 5 N–H and O–H groups in total. The van der Waals surface area contributed by atoms with Gasteiger partial charge in [0.05, 0.1) is 23.5 Å². The fourth-order valence-electron chi connectivity index (χ4n) is 4.30. The molecule has 1 aromatic carbocycles. The van der Waals surface area contributed by atoms with E-state index in [1.165, 1.54) is 0 Å². The van der Waals surface area contributed by atoms with Crippen LogP contribution in [0.2, 0.25) is 0 Å². The quantitative estimate of drug-likeness (QED) is 0.471. The van der Waals surface area contributed by atoms with E-state index in [0.717, 1.165) is 35.3 Å². The molecule has 4 amide bonds. The summed E-state index contributed by atoms with van der Waals surface area (Å²) in [5.74, 6) is -0.148. The van der Waals surface area contributed by atoms with E-state index in [1.807, 2.05) is 35.0 Å². The fourth-order valence-corrected chi connectivity index (χ4v) is 4.96. The van der Waals surface area contributed by atoms with Crippen LogP contribution >= 0.6 is 11.3 Å². The van der Waals surface area contributed by atoms with Crippen molar-refractivity contribution in [3.8, 4) is 0 Å². The highest BCUT2D eigenvalue weighted by molar-refractivity contribution is 7.07. The number of carbonyl (C=O) groups is 4. The van der Waals surface area contributed by atoms with E-state index in [4.69, 9.17) is 11.5 Å². The van der Waals surface area contributed by atoms with Crippen molar-refractivity contribution in [2.45, 2.75) is 77.9 Å². The van der Waals surface area contributed by atoms with Gasteiger partial charge in [0.2, 0.25) is 23.6 Å². The van der Waals surface area contributed by atoms with E-state index in [2.05, 4.69) is 19.2 Å². The average Bonchev–Trinajstić information content (AvgIpc) is 3.51. The first-order chi connectivity index (χ1) is 17.9. The van der Waals surface area contributed by atoms with Gasteiger partial charge in [0.25, 0.3) is 0 Å². The average molecular weight is 542 g/mol. The second kappa shape index (κ2) is 12.5. The molecule has 1 aromatic heterocycles. The van der Waals surface area contributed by atoms with Gasteiger partial charge in [0, 0.05) is 25.8 Å². The van der Waals surface area contributed by atoms with E-state index in [0.29, 0.717) is 38.3 Å². The summed E-state index contributed by atoms with van der Waals surface area (Å²) in [7, 11) is 0. The van der Waals surface area contributed by atoms with Crippen LogP contribution in [0.25, 0.3) is 0 Å². The molecule has 2 aliphatic heterocycles. The number of rotatable bonds is 8. The molecular weight excluding hydrogens is 502 g/mol. The summed E-state index contributed by atoms with van der Waals surface area (Å²) in [5, 5.41) is 6.99. The van der Waals surface area contributed by atoms with E-state index >= 15 is 0 Å². The first-order valence-electron chi connectivity index (χ1n) is 13.0. The van der Waals surface area contributed by atoms with Crippen LogP contribution < -0.4 is 26.6 Å². The number of nitrogens with zero attached hydrogens (tertiary/aromatic N) is 2. The van der Waals surface area contributed by atoms with Crippen molar-refractivity contribution in [1.29, 1.82) is 0 Å². The monoisotopic (exact) mass is 541 g/mol. The molecule has 0 spiro atoms. The second-order valence-electron chi connectivity index (χ2n) is 10.8. The summed E-state index contributed by atoms with van der Waals surface area (Å²) >= 11 is 1.59. The fraction of sp³-hybridized carbons (Fsp3) is 0.500. The summed E-state index contributed by atoms with van der Waals surface area (Å²) in [6.07, 6.45) is 3.02. The molecule has 206 valence electrons. The largest absolute Gasteiger partial charge is 0.368 e. The SMILES string of the molecule is CC(C)(N)C(N)=O.CC(C)CCC(=O)NC1Cc2cccc(N3CCCC3=O)c2N(Cc2ccsc2)C1=O. The molecule has 10 heteroatoms. The van der Waals surface area contributed by atoms with Gasteiger partial charge in [-0.05, 0) is 66.6 Å². The maximum absolute atomic E-state index is 13.5. The van der Waals surface area contributed by atoms with Crippen LogP contribution in [-0.2, 0) is 32.1 Å². The smallest absolute Gasteiger partial charge is 0.250 e. The van der Waals surface area contributed by atoms with Crippen LogP contribution in [-0.4, -0.2) is 41.8 Å². The number of anilines is 2. The van der Waals surface area contributed by atoms with Crippen LogP contribution in [0.5, 0.6) is 0 Å². The van der Waals surface area contributed by atoms with Crippen LogP contribution in [0.1, 0.15) is 64.5 Å². The lowest BCUT2D eigenvalue weighted by Gasteiger charge is -2.37. The molecule has 4 rings (SSSR count). The number of fused-ring (bicyclic) bond motifs is 1. The van der Waals surface area contributed by atoms with Gasteiger partial charge in [-0.1, -0.05) is 26.0 Å². The Balaban J connectivity index is 0.000000505. The Morgan fingerprint density at radius 1 is 1.21 bits per heavy atom. The topological polar surface area (TPSA) is 139 Å². The number of nitrogens with one attached hydrogen (secondary N) is 1. The first kappa shape index (κ1) is 29.3. The third kappa shape index (κ3) is 7.41.